The normalized spacial score (nSPS) is 12.9. The Bertz CT molecular complexity index is 1320. The number of nitrogens with zero attached hydrogens (tertiary/aromatic N) is 4. The van der Waals surface area contributed by atoms with Crippen molar-refractivity contribution >= 4 is 15.7 Å². The summed E-state index contributed by atoms with van der Waals surface area (Å²) in [7, 11) is -3.80. The SMILES string of the molecule is O=S(=O)(Nc1ccc(Oc2ccc(-n3cccn3)nn2)cc1)c1ccc2c(c1)OCCO2. The van der Waals surface area contributed by atoms with E-state index in [2.05, 4.69) is 20.0 Å². The van der Waals surface area contributed by atoms with Crippen LogP contribution >= 0.6 is 0 Å². The van der Waals surface area contributed by atoms with Gasteiger partial charge in [0.15, 0.2) is 17.3 Å². The lowest BCUT2D eigenvalue weighted by molar-refractivity contribution is 0.171. The van der Waals surface area contributed by atoms with Gasteiger partial charge in [0.1, 0.15) is 19.0 Å². The van der Waals surface area contributed by atoms with Crippen molar-refractivity contribution in [3.8, 4) is 28.9 Å². The molecule has 5 rings (SSSR count). The van der Waals surface area contributed by atoms with E-state index in [-0.39, 0.29) is 4.90 Å². The molecule has 2 aromatic carbocycles. The molecule has 0 bridgehead atoms. The van der Waals surface area contributed by atoms with E-state index in [1.165, 1.54) is 12.1 Å². The lowest BCUT2D eigenvalue weighted by Gasteiger charge is -2.19. The number of rotatable bonds is 6. The lowest BCUT2D eigenvalue weighted by atomic mass is 10.3. The molecule has 32 heavy (non-hydrogen) atoms. The standard InChI is InChI=1S/C21H17N5O5S/c27-32(28,17-6-7-18-19(14-17)30-13-12-29-18)25-15-2-4-16(5-3-15)31-21-9-8-20(23-24-21)26-11-1-10-22-26/h1-11,14,25H,12-13H2. The number of ether oxygens (including phenoxy) is 3. The Morgan fingerprint density at radius 2 is 1.75 bits per heavy atom. The van der Waals surface area contributed by atoms with Crippen LogP contribution < -0.4 is 18.9 Å². The number of aromatic nitrogens is 4. The fourth-order valence-electron chi connectivity index (χ4n) is 3.01. The van der Waals surface area contributed by atoms with E-state index in [0.29, 0.717) is 47.8 Å². The summed E-state index contributed by atoms with van der Waals surface area (Å²) in [6.45, 7) is 0.813. The third kappa shape index (κ3) is 4.18. The van der Waals surface area contributed by atoms with Crippen molar-refractivity contribution in [1.82, 2.24) is 20.0 Å². The van der Waals surface area contributed by atoms with Gasteiger partial charge in [-0.15, -0.1) is 10.2 Å². The molecule has 0 radical (unpaired) electrons. The average molecular weight is 451 g/mol. The van der Waals surface area contributed by atoms with Gasteiger partial charge in [-0.1, -0.05) is 0 Å². The molecule has 4 aromatic rings. The van der Waals surface area contributed by atoms with Gasteiger partial charge in [-0.25, -0.2) is 13.1 Å². The number of nitrogens with one attached hydrogen (secondary N) is 1. The molecule has 1 aliphatic rings. The fraction of sp³-hybridized carbons (Fsp3) is 0.0952. The second-order valence-electron chi connectivity index (χ2n) is 6.72. The highest BCUT2D eigenvalue weighted by molar-refractivity contribution is 7.92. The Morgan fingerprint density at radius 1 is 0.938 bits per heavy atom. The zero-order chi connectivity index (χ0) is 22.0. The summed E-state index contributed by atoms with van der Waals surface area (Å²) in [5, 5.41) is 12.2. The van der Waals surface area contributed by atoms with Crippen LogP contribution in [0, 0.1) is 0 Å². The maximum absolute atomic E-state index is 12.7. The largest absolute Gasteiger partial charge is 0.486 e. The summed E-state index contributed by atoms with van der Waals surface area (Å²) < 4.78 is 46.1. The third-order valence-electron chi connectivity index (χ3n) is 4.52. The third-order valence-corrected chi connectivity index (χ3v) is 5.90. The van der Waals surface area contributed by atoms with Crippen molar-refractivity contribution in [3.05, 3.63) is 73.1 Å². The van der Waals surface area contributed by atoms with Crippen LogP contribution in [-0.4, -0.2) is 41.6 Å². The van der Waals surface area contributed by atoms with Crippen molar-refractivity contribution in [2.75, 3.05) is 17.9 Å². The van der Waals surface area contributed by atoms with E-state index in [0.717, 1.165) is 0 Å². The van der Waals surface area contributed by atoms with Crippen molar-refractivity contribution in [3.63, 3.8) is 0 Å². The minimum absolute atomic E-state index is 0.0784. The topological polar surface area (TPSA) is 117 Å². The zero-order valence-electron chi connectivity index (χ0n) is 16.6. The first-order valence-corrected chi connectivity index (χ1v) is 11.1. The monoisotopic (exact) mass is 451 g/mol. The van der Waals surface area contributed by atoms with E-state index < -0.39 is 10.0 Å². The molecule has 0 saturated heterocycles. The predicted octanol–water partition coefficient (Wildman–Crippen LogP) is 3.03. The molecule has 0 amide bonds. The van der Waals surface area contributed by atoms with Gasteiger partial charge in [0.25, 0.3) is 10.0 Å². The minimum Gasteiger partial charge on any atom is -0.486 e. The molecular weight excluding hydrogens is 434 g/mol. The van der Waals surface area contributed by atoms with E-state index in [1.54, 1.807) is 65.6 Å². The van der Waals surface area contributed by atoms with Crippen LogP contribution in [0.5, 0.6) is 23.1 Å². The van der Waals surface area contributed by atoms with E-state index in [4.69, 9.17) is 14.2 Å². The molecule has 0 unspecified atom stereocenters. The molecule has 0 spiro atoms. The number of anilines is 1. The molecule has 2 aromatic heterocycles. The predicted molar refractivity (Wildman–Crippen MR) is 114 cm³/mol. The second-order valence-corrected chi connectivity index (χ2v) is 8.40. The number of fused-ring (bicyclic) bond motifs is 1. The first-order valence-electron chi connectivity index (χ1n) is 9.61. The van der Waals surface area contributed by atoms with Crippen LogP contribution in [0.15, 0.2) is 78.0 Å². The molecule has 11 heteroatoms. The van der Waals surface area contributed by atoms with Crippen LogP contribution in [0.4, 0.5) is 5.69 Å². The van der Waals surface area contributed by atoms with Crippen LogP contribution in [0.25, 0.3) is 5.82 Å². The quantitative estimate of drug-likeness (QED) is 0.475. The average Bonchev–Trinajstić information content (AvgIpc) is 3.35. The van der Waals surface area contributed by atoms with Gasteiger partial charge in [-0.2, -0.15) is 5.10 Å². The molecule has 0 atom stereocenters. The lowest BCUT2D eigenvalue weighted by Crippen LogP contribution is -2.17. The summed E-state index contributed by atoms with van der Waals surface area (Å²) >= 11 is 0. The molecule has 1 N–H and O–H groups in total. The maximum atomic E-state index is 12.7. The molecule has 10 nitrogen and oxygen atoms in total. The fourth-order valence-corrected chi connectivity index (χ4v) is 4.08. The van der Waals surface area contributed by atoms with Crippen LogP contribution in [0.3, 0.4) is 0 Å². The number of hydrogen-bond acceptors (Lipinski definition) is 8. The van der Waals surface area contributed by atoms with Crippen LogP contribution in [-0.2, 0) is 10.0 Å². The van der Waals surface area contributed by atoms with Crippen molar-refractivity contribution < 1.29 is 22.6 Å². The first kappa shape index (κ1) is 19.8. The first-order chi connectivity index (χ1) is 15.6. The Hall–Kier alpha value is -4.12. The van der Waals surface area contributed by atoms with Gasteiger partial charge in [0.05, 0.1) is 4.90 Å². The molecule has 0 fully saturated rings. The second kappa shape index (κ2) is 8.19. The van der Waals surface area contributed by atoms with Gasteiger partial charge in [-0.05, 0) is 48.5 Å². The highest BCUT2D eigenvalue weighted by Crippen LogP contribution is 2.33. The number of benzene rings is 2. The Labute approximate surface area is 183 Å². The molecule has 1 aliphatic heterocycles. The van der Waals surface area contributed by atoms with Crippen molar-refractivity contribution in [2.45, 2.75) is 4.90 Å². The zero-order valence-corrected chi connectivity index (χ0v) is 17.4. The van der Waals surface area contributed by atoms with E-state index in [9.17, 15) is 8.42 Å². The highest BCUT2D eigenvalue weighted by atomic mass is 32.2. The molecular formula is C21H17N5O5S. The Balaban J connectivity index is 1.26. The number of hydrogen-bond donors (Lipinski definition) is 1. The van der Waals surface area contributed by atoms with E-state index >= 15 is 0 Å². The van der Waals surface area contributed by atoms with E-state index in [1.807, 2.05) is 0 Å². The maximum Gasteiger partial charge on any atom is 0.262 e. The Kier molecular flexibility index (Phi) is 5.07. The minimum atomic E-state index is -3.80. The molecule has 0 saturated carbocycles. The summed E-state index contributed by atoms with van der Waals surface area (Å²) in [5.74, 6) is 2.27. The van der Waals surface area contributed by atoms with Gasteiger partial charge >= 0.3 is 0 Å². The summed E-state index contributed by atoms with van der Waals surface area (Å²) in [5.41, 5.74) is 0.382. The van der Waals surface area contributed by atoms with Crippen molar-refractivity contribution in [2.24, 2.45) is 0 Å². The van der Waals surface area contributed by atoms with Crippen molar-refractivity contribution in [1.29, 1.82) is 0 Å². The number of sulfonamides is 1. The smallest absolute Gasteiger partial charge is 0.262 e. The summed E-state index contributed by atoms with van der Waals surface area (Å²) in [6, 6.07) is 16.1. The van der Waals surface area contributed by atoms with Crippen LogP contribution in [0.1, 0.15) is 0 Å². The van der Waals surface area contributed by atoms with Gasteiger partial charge in [0, 0.05) is 30.2 Å². The van der Waals surface area contributed by atoms with Gasteiger partial charge in [-0.3, -0.25) is 4.72 Å². The van der Waals surface area contributed by atoms with Gasteiger partial charge < -0.3 is 14.2 Å². The summed E-state index contributed by atoms with van der Waals surface area (Å²) in [6.07, 6.45) is 3.41. The Morgan fingerprint density at radius 3 is 2.47 bits per heavy atom. The summed E-state index contributed by atoms with van der Waals surface area (Å²) in [4.78, 5) is 0.0784. The molecule has 0 aliphatic carbocycles. The van der Waals surface area contributed by atoms with Gasteiger partial charge in [0.2, 0.25) is 5.88 Å². The highest BCUT2D eigenvalue weighted by Gasteiger charge is 2.19. The molecule has 162 valence electrons. The van der Waals surface area contributed by atoms with Crippen LogP contribution in [0.2, 0.25) is 0 Å². The molecule has 3 heterocycles.